The Morgan fingerprint density at radius 1 is 1.57 bits per heavy atom. The Hall–Kier alpha value is -0.330. The minimum Gasteiger partial charge on any atom is -0.294 e. The van der Waals surface area contributed by atoms with Crippen molar-refractivity contribution in [2.75, 3.05) is 6.54 Å². The van der Waals surface area contributed by atoms with Crippen LogP contribution in [0.3, 0.4) is 0 Å². The van der Waals surface area contributed by atoms with Gasteiger partial charge < -0.3 is 0 Å². The summed E-state index contributed by atoms with van der Waals surface area (Å²) >= 11 is 0. The Kier molecular flexibility index (Phi) is 2.65. The van der Waals surface area contributed by atoms with Crippen molar-refractivity contribution in [3.8, 4) is 0 Å². The summed E-state index contributed by atoms with van der Waals surface area (Å²) in [6.07, 6.45) is 2.52. The molecule has 7 heavy (non-hydrogen) atoms. The van der Waals surface area contributed by atoms with Gasteiger partial charge in [-0.2, -0.15) is 0 Å². The minimum absolute atomic E-state index is 0. The second-order valence-corrected chi connectivity index (χ2v) is 1.72. The summed E-state index contributed by atoms with van der Waals surface area (Å²) in [5, 5.41) is 0. The van der Waals surface area contributed by atoms with E-state index in [9.17, 15) is 0 Å². The molecule has 0 atom stereocenters. The molecule has 0 unspecified atom stereocenters. The van der Waals surface area contributed by atoms with Crippen molar-refractivity contribution in [2.45, 2.75) is 27.2 Å². The Morgan fingerprint density at radius 3 is 2.43 bits per heavy atom. The van der Waals surface area contributed by atoms with E-state index in [0.717, 1.165) is 6.54 Å². The molecule has 0 aromatic carbocycles. The fourth-order valence-corrected chi connectivity index (χ4v) is 0.684. The first-order valence-corrected chi connectivity index (χ1v) is 2.39. The maximum Gasteiger partial charge on any atom is 0.0392 e. The van der Waals surface area contributed by atoms with Gasteiger partial charge in [-0.3, -0.25) is 4.99 Å². The number of rotatable bonds is 0. The molecule has 0 aromatic rings. The molecule has 1 heterocycles. The van der Waals surface area contributed by atoms with E-state index in [4.69, 9.17) is 0 Å². The van der Waals surface area contributed by atoms with Gasteiger partial charge in [-0.05, 0) is 19.8 Å². The molecule has 0 radical (unpaired) electrons. The van der Waals surface area contributed by atoms with Crippen LogP contribution in [0.15, 0.2) is 4.99 Å². The monoisotopic (exact) mass is 99.1 g/mol. The molecule has 0 saturated carbocycles. The van der Waals surface area contributed by atoms with Crippen LogP contribution < -0.4 is 0 Å². The van der Waals surface area contributed by atoms with Gasteiger partial charge in [-0.1, -0.05) is 7.43 Å². The van der Waals surface area contributed by atoms with Crippen molar-refractivity contribution in [2.24, 2.45) is 4.99 Å². The van der Waals surface area contributed by atoms with Gasteiger partial charge in [0.1, 0.15) is 0 Å². The lowest BCUT2D eigenvalue weighted by Gasteiger charge is -1.76. The zero-order chi connectivity index (χ0) is 4.41. The molecular formula is C6H13N. The van der Waals surface area contributed by atoms with E-state index in [1.807, 2.05) is 0 Å². The van der Waals surface area contributed by atoms with E-state index in [2.05, 4.69) is 11.9 Å². The molecule has 1 aliphatic rings. The second-order valence-electron chi connectivity index (χ2n) is 1.72. The molecule has 0 saturated heterocycles. The number of hydrogen-bond donors (Lipinski definition) is 0. The van der Waals surface area contributed by atoms with Gasteiger partial charge in [0.15, 0.2) is 0 Å². The third kappa shape index (κ3) is 1.72. The Bertz CT molecular complexity index is 74.2. The molecule has 0 spiro atoms. The second kappa shape index (κ2) is 2.78. The normalized spacial score (nSPS) is 18.1. The van der Waals surface area contributed by atoms with Crippen LogP contribution in [0.25, 0.3) is 0 Å². The van der Waals surface area contributed by atoms with Gasteiger partial charge in [0.2, 0.25) is 0 Å². The molecule has 0 aromatic heterocycles. The summed E-state index contributed by atoms with van der Waals surface area (Å²) in [5.74, 6) is 0. The molecule has 0 fully saturated rings. The zero-order valence-electron chi connectivity index (χ0n) is 4.07. The largest absolute Gasteiger partial charge is 0.294 e. The summed E-state index contributed by atoms with van der Waals surface area (Å²) in [4.78, 5) is 4.15. The van der Waals surface area contributed by atoms with Gasteiger partial charge in [0.25, 0.3) is 0 Å². The standard InChI is InChI=1S/C5H9N.CH4/c1-5-3-2-4-6-5;/h2-4H2,1H3;1H4. The number of hydrogen-bond acceptors (Lipinski definition) is 1. The first-order chi connectivity index (χ1) is 2.89. The van der Waals surface area contributed by atoms with E-state index in [1.54, 1.807) is 0 Å². The molecule has 0 aliphatic carbocycles. The summed E-state index contributed by atoms with van der Waals surface area (Å²) in [5.41, 5.74) is 1.33. The van der Waals surface area contributed by atoms with E-state index in [-0.39, 0.29) is 7.43 Å². The van der Waals surface area contributed by atoms with Crippen LogP contribution >= 0.6 is 0 Å². The fourth-order valence-electron chi connectivity index (χ4n) is 0.684. The fraction of sp³-hybridized carbons (Fsp3) is 0.833. The summed E-state index contributed by atoms with van der Waals surface area (Å²) in [7, 11) is 0. The summed E-state index contributed by atoms with van der Waals surface area (Å²) < 4.78 is 0. The Balaban J connectivity index is 0.000000360. The van der Waals surface area contributed by atoms with Crippen molar-refractivity contribution in [1.29, 1.82) is 0 Å². The molecule has 1 rings (SSSR count). The van der Waals surface area contributed by atoms with E-state index in [1.165, 1.54) is 18.6 Å². The highest BCUT2D eigenvalue weighted by atomic mass is 14.7. The molecule has 0 N–H and O–H groups in total. The van der Waals surface area contributed by atoms with Crippen LogP contribution in [-0.4, -0.2) is 12.3 Å². The van der Waals surface area contributed by atoms with Crippen LogP contribution in [0.2, 0.25) is 0 Å². The van der Waals surface area contributed by atoms with Crippen molar-refractivity contribution in [1.82, 2.24) is 0 Å². The van der Waals surface area contributed by atoms with Crippen molar-refractivity contribution in [3.05, 3.63) is 0 Å². The predicted molar refractivity (Wildman–Crippen MR) is 33.9 cm³/mol. The first kappa shape index (κ1) is 6.67. The van der Waals surface area contributed by atoms with Gasteiger partial charge in [-0.15, -0.1) is 0 Å². The molecule has 1 heteroatoms. The van der Waals surface area contributed by atoms with Gasteiger partial charge in [-0.25, -0.2) is 0 Å². The number of aliphatic imine (C=N–C) groups is 1. The van der Waals surface area contributed by atoms with E-state index in [0.29, 0.717) is 0 Å². The molecule has 1 nitrogen and oxygen atoms in total. The zero-order valence-corrected chi connectivity index (χ0v) is 4.07. The van der Waals surface area contributed by atoms with Crippen molar-refractivity contribution >= 4 is 5.71 Å². The Labute approximate surface area is 45.5 Å². The van der Waals surface area contributed by atoms with Gasteiger partial charge >= 0.3 is 0 Å². The average Bonchev–Trinajstić information content (AvgIpc) is 1.86. The molecular weight excluding hydrogens is 86.1 g/mol. The quantitative estimate of drug-likeness (QED) is 0.439. The molecule has 0 amide bonds. The molecule has 42 valence electrons. The van der Waals surface area contributed by atoms with Crippen LogP contribution in [0.5, 0.6) is 0 Å². The van der Waals surface area contributed by atoms with Crippen LogP contribution in [0.4, 0.5) is 0 Å². The van der Waals surface area contributed by atoms with Crippen molar-refractivity contribution in [3.63, 3.8) is 0 Å². The van der Waals surface area contributed by atoms with Crippen LogP contribution in [0.1, 0.15) is 27.2 Å². The highest BCUT2D eigenvalue weighted by Gasteiger charge is 1.96. The molecule has 1 aliphatic heterocycles. The predicted octanol–water partition coefficient (Wildman–Crippen LogP) is 1.88. The SMILES string of the molecule is C.CC1=NCCC1. The van der Waals surface area contributed by atoms with Crippen LogP contribution in [0, 0.1) is 0 Å². The third-order valence-corrected chi connectivity index (χ3v) is 1.08. The first-order valence-electron chi connectivity index (χ1n) is 2.39. The lowest BCUT2D eigenvalue weighted by Crippen LogP contribution is -1.77. The highest BCUT2D eigenvalue weighted by molar-refractivity contribution is 5.83. The smallest absolute Gasteiger partial charge is 0.0392 e. The maximum atomic E-state index is 4.15. The van der Waals surface area contributed by atoms with Crippen molar-refractivity contribution < 1.29 is 0 Å². The average molecular weight is 99.2 g/mol. The topological polar surface area (TPSA) is 12.4 Å². The number of nitrogens with zero attached hydrogens (tertiary/aromatic N) is 1. The Morgan fingerprint density at radius 2 is 2.29 bits per heavy atom. The maximum absolute atomic E-state index is 4.15. The lowest BCUT2D eigenvalue weighted by atomic mass is 10.3. The van der Waals surface area contributed by atoms with Gasteiger partial charge in [0, 0.05) is 12.3 Å². The molecule has 0 bridgehead atoms. The highest BCUT2D eigenvalue weighted by Crippen LogP contribution is 2.00. The lowest BCUT2D eigenvalue weighted by molar-refractivity contribution is 0.951. The minimum atomic E-state index is 0. The van der Waals surface area contributed by atoms with E-state index >= 15 is 0 Å². The summed E-state index contributed by atoms with van der Waals surface area (Å²) in [6, 6.07) is 0. The van der Waals surface area contributed by atoms with Gasteiger partial charge in [0.05, 0.1) is 0 Å². The van der Waals surface area contributed by atoms with E-state index < -0.39 is 0 Å². The van der Waals surface area contributed by atoms with Crippen LogP contribution in [-0.2, 0) is 0 Å². The third-order valence-electron chi connectivity index (χ3n) is 1.08. The summed E-state index contributed by atoms with van der Waals surface area (Å²) in [6.45, 7) is 3.17.